The number of nitrogens with one attached hydrogen (secondary N) is 1. The van der Waals surface area contributed by atoms with Gasteiger partial charge >= 0.3 is 0 Å². The third kappa shape index (κ3) is 4.16. The first-order valence-electron chi connectivity index (χ1n) is 7.63. The topological polar surface area (TPSA) is 81.9 Å². The van der Waals surface area contributed by atoms with E-state index < -0.39 is 0 Å². The average molecular weight is 355 g/mol. The third-order valence-corrected chi connectivity index (χ3v) is 4.48. The fourth-order valence-electron chi connectivity index (χ4n) is 2.11. The summed E-state index contributed by atoms with van der Waals surface area (Å²) in [6.07, 6.45) is 0. The van der Waals surface area contributed by atoms with Crippen molar-refractivity contribution in [1.82, 2.24) is 20.2 Å². The smallest absolute Gasteiger partial charge is 0.237 e. The molecule has 1 N–H and O–H groups in total. The van der Waals surface area contributed by atoms with E-state index in [1.165, 1.54) is 11.8 Å². The van der Waals surface area contributed by atoms with E-state index in [1.54, 1.807) is 11.8 Å². The third-order valence-electron chi connectivity index (χ3n) is 3.45. The van der Waals surface area contributed by atoms with Crippen molar-refractivity contribution in [3.05, 3.63) is 54.6 Å². The fourth-order valence-corrected chi connectivity index (χ4v) is 2.92. The number of thioether (sulfide) groups is 1. The minimum absolute atomic E-state index is 0.111. The number of nitrogens with zero attached hydrogens (tertiary/aromatic N) is 4. The highest BCUT2D eigenvalue weighted by atomic mass is 32.2. The second kappa shape index (κ2) is 7.80. The Morgan fingerprint density at radius 1 is 1.16 bits per heavy atom. The van der Waals surface area contributed by atoms with Gasteiger partial charge in [0.05, 0.1) is 18.0 Å². The predicted octanol–water partition coefficient (Wildman–Crippen LogP) is 2.79. The Morgan fingerprint density at radius 2 is 1.88 bits per heavy atom. The Hall–Kier alpha value is -2.87. The molecule has 0 saturated carbocycles. The number of rotatable bonds is 6. The molecule has 8 heteroatoms. The molecule has 25 heavy (non-hydrogen) atoms. The van der Waals surface area contributed by atoms with Gasteiger partial charge in [0.1, 0.15) is 5.75 Å². The van der Waals surface area contributed by atoms with Gasteiger partial charge in [-0.3, -0.25) is 4.79 Å². The zero-order valence-electron chi connectivity index (χ0n) is 13.8. The number of tetrazole rings is 1. The second-order valence-electron chi connectivity index (χ2n) is 5.19. The lowest BCUT2D eigenvalue weighted by atomic mass is 10.3. The van der Waals surface area contributed by atoms with Gasteiger partial charge in [-0.2, -0.15) is 4.68 Å². The highest BCUT2D eigenvalue weighted by molar-refractivity contribution is 8.00. The van der Waals surface area contributed by atoms with E-state index in [0.29, 0.717) is 5.16 Å². The van der Waals surface area contributed by atoms with Crippen LogP contribution in [0.2, 0.25) is 0 Å². The molecule has 3 aromatic rings. The number of para-hydroxylation sites is 1. The SMILES string of the molecule is COc1ccc(-n2nnnc2SC(C)C(=O)Nc2ccccc2)cc1. The fraction of sp³-hybridized carbons (Fsp3) is 0.176. The summed E-state index contributed by atoms with van der Waals surface area (Å²) in [5.74, 6) is 0.641. The van der Waals surface area contributed by atoms with Crippen molar-refractivity contribution in [2.75, 3.05) is 12.4 Å². The summed E-state index contributed by atoms with van der Waals surface area (Å²) < 4.78 is 6.74. The standard InChI is InChI=1S/C17H17N5O2S/c1-12(16(23)18-13-6-4-3-5-7-13)25-17-19-20-21-22(17)14-8-10-15(24-2)11-9-14/h3-12H,1-2H3,(H,18,23). The van der Waals surface area contributed by atoms with E-state index in [4.69, 9.17) is 4.74 Å². The first-order valence-corrected chi connectivity index (χ1v) is 8.50. The molecule has 3 rings (SSSR count). The normalized spacial score (nSPS) is 11.8. The first-order chi connectivity index (χ1) is 12.2. The molecule has 0 spiro atoms. The lowest BCUT2D eigenvalue weighted by Crippen LogP contribution is -2.22. The summed E-state index contributed by atoms with van der Waals surface area (Å²) in [4.78, 5) is 12.3. The van der Waals surface area contributed by atoms with Crippen molar-refractivity contribution in [3.8, 4) is 11.4 Å². The van der Waals surface area contributed by atoms with Crippen LogP contribution in [-0.4, -0.2) is 38.5 Å². The largest absolute Gasteiger partial charge is 0.497 e. The monoisotopic (exact) mass is 355 g/mol. The summed E-state index contributed by atoms with van der Waals surface area (Å²) in [6, 6.07) is 16.7. The summed E-state index contributed by atoms with van der Waals surface area (Å²) in [5.41, 5.74) is 1.55. The molecule has 1 amide bonds. The second-order valence-corrected chi connectivity index (χ2v) is 6.49. The van der Waals surface area contributed by atoms with E-state index in [0.717, 1.165) is 17.1 Å². The van der Waals surface area contributed by atoms with Crippen LogP contribution in [0.3, 0.4) is 0 Å². The van der Waals surface area contributed by atoms with Crippen LogP contribution in [0.5, 0.6) is 5.75 Å². The summed E-state index contributed by atoms with van der Waals surface area (Å²) in [7, 11) is 1.61. The maximum atomic E-state index is 12.3. The molecule has 128 valence electrons. The van der Waals surface area contributed by atoms with Crippen molar-refractivity contribution in [2.24, 2.45) is 0 Å². The quantitative estimate of drug-likeness (QED) is 0.685. The molecule has 0 aliphatic carbocycles. The van der Waals surface area contributed by atoms with Crippen molar-refractivity contribution >= 4 is 23.4 Å². The van der Waals surface area contributed by atoms with Crippen molar-refractivity contribution < 1.29 is 9.53 Å². The van der Waals surface area contributed by atoms with E-state index in [9.17, 15) is 4.79 Å². The summed E-state index contributed by atoms with van der Waals surface area (Å²) in [5, 5.41) is 14.8. The minimum Gasteiger partial charge on any atom is -0.497 e. The highest BCUT2D eigenvalue weighted by Crippen LogP contribution is 2.24. The number of aromatic nitrogens is 4. The van der Waals surface area contributed by atoms with Crippen molar-refractivity contribution in [1.29, 1.82) is 0 Å². The lowest BCUT2D eigenvalue weighted by Gasteiger charge is -2.11. The Morgan fingerprint density at radius 3 is 2.56 bits per heavy atom. The van der Waals surface area contributed by atoms with Gasteiger partial charge in [0.25, 0.3) is 0 Å². The minimum atomic E-state index is -0.358. The maximum absolute atomic E-state index is 12.3. The molecule has 1 atom stereocenters. The van der Waals surface area contributed by atoms with Crippen LogP contribution in [0.1, 0.15) is 6.92 Å². The van der Waals surface area contributed by atoms with E-state index in [-0.39, 0.29) is 11.2 Å². The highest BCUT2D eigenvalue weighted by Gasteiger charge is 2.19. The molecule has 1 unspecified atom stereocenters. The first kappa shape index (κ1) is 17.0. The van der Waals surface area contributed by atoms with Gasteiger partial charge in [0.15, 0.2) is 0 Å². The molecular weight excluding hydrogens is 338 g/mol. The lowest BCUT2D eigenvalue weighted by molar-refractivity contribution is -0.115. The van der Waals surface area contributed by atoms with Gasteiger partial charge in [-0.25, -0.2) is 0 Å². The van der Waals surface area contributed by atoms with Crippen LogP contribution in [0.4, 0.5) is 5.69 Å². The Kier molecular flexibility index (Phi) is 5.30. The number of anilines is 1. The Labute approximate surface area is 149 Å². The predicted molar refractivity (Wildman–Crippen MR) is 96.1 cm³/mol. The number of carbonyl (C=O) groups excluding carboxylic acids is 1. The van der Waals surface area contributed by atoms with Crippen LogP contribution in [-0.2, 0) is 4.79 Å². The summed E-state index contributed by atoms with van der Waals surface area (Å²) in [6.45, 7) is 1.82. The van der Waals surface area contributed by atoms with E-state index in [2.05, 4.69) is 20.8 Å². The van der Waals surface area contributed by atoms with Crippen LogP contribution in [0, 0.1) is 0 Å². The number of methoxy groups -OCH3 is 1. The molecule has 2 aromatic carbocycles. The Balaban J connectivity index is 1.70. The van der Waals surface area contributed by atoms with Crippen LogP contribution in [0.25, 0.3) is 5.69 Å². The molecule has 0 aliphatic heterocycles. The molecule has 0 bridgehead atoms. The van der Waals surface area contributed by atoms with Crippen molar-refractivity contribution in [3.63, 3.8) is 0 Å². The van der Waals surface area contributed by atoms with Crippen LogP contribution >= 0.6 is 11.8 Å². The van der Waals surface area contributed by atoms with Gasteiger partial charge in [-0.15, -0.1) is 5.10 Å². The van der Waals surface area contributed by atoms with Crippen LogP contribution in [0.15, 0.2) is 59.8 Å². The van der Waals surface area contributed by atoms with Crippen LogP contribution < -0.4 is 10.1 Å². The average Bonchev–Trinajstić information content (AvgIpc) is 3.10. The van der Waals surface area contributed by atoms with E-state index >= 15 is 0 Å². The molecule has 0 fully saturated rings. The number of carbonyl (C=O) groups is 1. The molecule has 0 radical (unpaired) electrons. The molecule has 1 heterocycles. The van der Waals surface area contributed by atoms with Gasteiger partial charge in [-0.05, 0) is 53.7 Å². The van der Waals surface area contributed by atoms with Gasteiger partial charge in [-0.1, -0.05) is 30.0 Å². The van der Waals surface area contributed by atoms with Gasteiger partial charge in [0, 0.05) is 5.69 Å². The van der Waals surface area contributed by atoms with E-state index in [1.807, 2.05) is 61.5 Å². The number of hydrogen-bond donors (Lipinski definition) is 1. The zero-order valence-corrected chi connectivity index (χ0v) is 14.6. The van der Waals surface area contributed by atoms with Crippen molar-refractivity contribution in [2.45, 2.75) is 17.3 Å². The maximum Gasteiger partial charge on any atom is 0.237 e. The molecule has 0 aliphatic rings. The molecule has 0 saturated heterocycles. The van der Waals surface area contributed by atoms with Gasteiger partial charge in [0.2, 0.25) is 11.1 Å². The molecule has 1 aromatic heterocycles. The number of hydrogen-bond acceptors (Lipinski definition) is 6. The number of benzene rings is 2. The van der Waals surface area contributed by atoms with Gasteiger partial charge < -0.3 is 10.1 Å². The summed E-state index contributed by atoms with van der Waals surface area (Å²) >= 11 is 1.29. The zero-order chi connectivity index (χ0) is 17.6. The number of ether oxygens (including phenoxy) is 1. The number of amides is 1. The Bertz CT molecular complexity index is 836. The molecular formula is C17H17N5O2S. The molecule has 7 nitrogen and oxygen atoms in total.